The number of carbonyl (C=O) groups is 2. The van der Waals surface area contributed by atoms with Crippen molar-refractivity contribution in [3.05, 3.63) is 75.3 Å². The number of aliphatic hydroxyl groups is 1. The molecule has 9 heteroatoms. The smallest absolute Gasteiger partial charge is 0.295 e. The van der Waals surface area contributed by atoms with Gasteiger partial charge in [-0.15, -0.1) is 0 Å². The highest BCUT2D eigenvalue weighted by Gasteiger charge is 2.50. The molecule has 2 aliphatic heterocycles. The van der Waals surface area contributed by atoms with Crippen LogP contribution >= 0.6 is 23.2 Å². The summed E-state index contributed by atoms with van der Waals surface area (Å²) in [7, 11) is -3.30. The van der Waals surface area contributed by atoms with Gasteiger partial charge in [0.1, 0.15) is 5.76 Å². The number of amides is 1. The first-order valence-corrected chi connectivity index (χ1v) is 11.8. The van der Waals surface area contributed by atoms with E-state index >= 15 is 0 Å². The summed E-state index contributed by atoms with van der Waals surface area (Å²) in [5.74, 6) is -2.29. The molecular weight excluding hydrogens is 449 g/mol. The van der Waals surface area contributed by atoms with Crippen LogP contribution in [0.25, 0.3) is 5.76 Å². The van der Waals surface area contributed by atoms with Crippen molar-refractivity contribution in [3.8, 4) is 0 Å². The number of likely N-dealkylation sites (tertiary alicyclic amines) is 1. The minimum absolute atomic E-state index is 0.0504. The first-order valence-electron chi connectivity index (χ1n) is 9.20. The Labute approximate surface area is 183 Å². The Morgan fingerprint density at radius 2 is 1.53 bits per heavy atom. The molecule has 0 unspecified atom stereocenters. The number of ketones is 1. The second-order valence-electron chi connectivity index (χ2n) is 7.32. The molecule has 156 valence electrons. The Bertz CT molecular complexity index is 1160. The third-order valence-electron chi connectivity index (χ3n) is 5.39. The first-order chi connectivity index (χ1) is 14.2. The van der Waals surface area contributed by atoms with Crippen LogP contribution in [-0.4, -0.2) is 47.7 Å². The number of aliphatic hydroxyl groups excluding tert-OH is 1. The van der Waals surface area contributed by atoms with Gasteiger partial charge >= 0.3 is 0 Å². The summed E-state index contributed by atoms with van der Waals surface area (Å²) in [4.78, 5) is 27.2. The Morgan fingerprint density at radius 3 is 2.07 bits per heavy atom. The quantitative estimate of drug-likeness (QED) is 0.424. The molecule has 30 heavy (non-hydrogen) atoms. The Morgan fingerprint density at radius 1 is 0.967 bits per heavy atom. The number of hydrogen-bond donors (Lipinski definition) is 1. The third-order valence-corrected chi connectivity index (χ3v) is 7.64. The topological polar surface area (TPSA) is 91.8 Å². The molecule has 6 nitrogen and oxygen atoms in total. The fourth-order valence-corrected chi connectivity index (χ4v) is 5.92. The van der Waals surface area contributed by atoms with Crippen molar-refractivity contribution in [1.82, 2.24) is 4.90 Å². The zero-order chi connectivity index (χ0) is 21.6. The number of halogens is 2. The fraction of sp³-hybridized carbons (Fsp3) is 0.238. The minimum atomic E-state index is -3.30. The average molecular weight is 466 g/mol. The summed E-state index contributed by atoms with van der Waals surface area (Å²) >= 11 is 11.9. The standard InChI is InChI=1S/C21H17Cl2NO5S/c22-14-5-1-12(2-6-14)18-17(19(25)13-3-7-15(23)8-4-13)20(26)21(27)24(18)16-9-10-30(28,29)11-16/h1-8,16,18,25H,9-11H2/t16-,18-/m1/s1. The van der Waals surface area contributed by atoms with E-state index in [2.05, 4.69) is 0 Å². The highest BCUT2D eigenvalue weighted by molar-refractivity contribution is 7.91. The highest BCUT2D eigenvalue weighted by Crippen LogP contribution is 2.42. The number of sulfone groups is 1. The fourth-order valence-electron chi connectivity index (χ4n) is 3.96. The zero-order valence-corrected chi connectivity index (χ0v) is 17.9. The summed E-state index contributed by atoms with van der Waals surface area (Å²) in [5.41, 5.74) is 0.794. The normalized spacial score (nSPS) is 25.1. The molecule has 1 N–H and O–H groups in total. The van der Waals surface area contributed by atoms with Crippen LogP contribution in [0.4, 0.5) is 0 Å². The first kappa shape index (κ1) is 20.9. The maximum Gasteiger partial charge on any atom is 0.295 e. The number of rotatable bonds is 3. The molecular formula is C21H17Cl2NO5S. The lowest BCUT2D eigenvalue weighted by molar-refractivity contribution is -0.141. The van der Waals surface area contributed by atoms with E-state index in [1.807, 2.05) is 0 Å². The minimum Gasteiger partial charge on any atom is -0.507 e. The number of nitrogens with zero attached hydrogens (tertiary/aromatic N) is 1. The van der Waals surface area contributed by atoms with E-state index in [4.69, 9.17) is 23.2 Å². The van der Waals surface area contributed by atoms with Crippen LogP contribution in [0.5, 0.6) is 0 Å². The van der Waals surface area contributed by atoms with Crippen molar-refractivity contribution in [2.24, 2.45) is 0 Å². The van der Waals surface area contributed by atoms with E-state index in [1.54, 1.807) is 48.5 Å². The molecule has 2 aromatic carbocycles. The maximum atomic E-state index is 13.0. The van der Waals surface area contributed by atoms with Crippen LogP contribution in [0.15, 0.2) is 54.1 Å². The van der Waals surface area contributed by atoms with Crippen molar-refractivity contribution in [3.63, 3.8) is 0 Å². The van der Waals surface area contributed by atoms with Gasteiger partial charge in [0.2, 0.25) is 0 Å². The van der Waals surface area contributed by atoms with Gasteiger partial charge in [-0.05, 0) is 48.4 Å². The van der Waals surface area contributed by atoms with Gasteiger partial charge in [-0.2, -0.15) is 0 Å². The summed E-state index contributed by atoms with van der Waals surface area (Å²) < 4.78 is 24.1. The number of hydrogen-bond acceptors (Lipinski definition) is 5. The van der Waals surface area contributed by atoms with Crippen molar-refractivity contribution < 1.29 is 23.1 Å². The third kappa shape index (κ3) is 3.73. The van der Waals surface area contributed by atoms with Gasteiger partial charge in [-0.1, -0.05) is 35.3 Å². The van der Waals surface area contributed by atoms with Gasteiger partial charge in [0.15, 0.2) is 9.84 Å². The predicted molar refractivity (Wildman–Crippen MR) is 114 cm³/mol. The summed E-state index contributed by atoms with van der Waals surface area (Å²) in [6.45, 7) is 0. The lowest BCUT2D eigenvalue weighted by Gasteiger charge is -2.30. The van der Waals surface area contributed by atoms with E-state index in [9.17, 15) is 23.1 Å². The molecule has 0 bridgehead atoms. The van der Waals surface area contributed by atoms with E-state index < -0.39 is 33.6 Å². The molecule has 0 radical (unpaired) electrons. The predicted octanol–water partition coefficient (Wildman–Crippen LogP) is 3.60. The summed E-state index contributed by atoms with van der Waals surface area (Å²) in [6, 6.07) is 11.2. The molecule has 1 amide bonds. The molecule has 2 heterocycles. The molecule has 0 spiro atoms. The molecule has 0 aliphatic carbocycles. The van der Waals surface area contributed by atoms with Crippen LogP contribution < -0.4 is 0 Å². The molecule has 4 rings (SSSR count). The van der Waals surface area contributed by atoms with Crippen LogP contribution in [0.3, 0.4) is 0 Å². The second-order valence-corrected chi connectivity index (χ2v) is 10.4. The van der Waals surface area contributed by atoms with E-state index in [0.717, 1.165) is 0 Å². The average Bonchev–Trinajstić information content (AvgIpc) is 3.19. The van der Waals surface area contributed by atoms with Crippen LogP contribution in [-0.2, 0) is 19.4 Å². The molecule has 2 atom stereocenters. The summed E-state index contributed by atoms with van der Waals surface area (Å²) in [6.07, 6.45) is 0.237. The molecule has 0 aromatic heterocycles. The van der Waals surface area contributed by atoms with E-state index in [0.29, 0.717) is 21.2 Å². The number of benzene rings is 2. The summed E-state index contributed by atoms with van der Waals surface area (Å²) in [5, 5.41) is 11.9. The van der Waals surface area contributed by atoms with Crippen molar-refractivity contribution in [1.29, 1.82) is 0 Å². The lowest BCUT2D eigenvalue weighted by Crippen LogP contribution is -2.40. The van der Waals surface area contributed by atoms with E-state index in [-0.39, 0.29) is 29.3 Å². The van der Waals surface area contributed by atoms with Gasteiger partial charge in [-0.25, -0.2) is 8.42 Å². The lowest BCUT2D eigenvalue weighted by atomic mass is 9.95. The second kappa shape index (κ2) is 7.72. The number of Topliss-reactive ketones (excluding diaryl/α,β-unsaturated/α-hetero) is 1. The molecule has 2 aromatic rings. The molecule has 2 aliphatic rings. The van der Waals surface area contributed by atoms with Gasteiger partial charge in [0.05, 0.1) is 23.1 Å². The van der Waals surface area contributed by atoms with E-state index in [1.165, 1.54) is 4.90 Å². The van der Waals surface area contributed by atoms with Crippen LogP contribution in [0.2, 0.25) is 10.0 Å². The highest BCUT2D eigenvalue weighted by atomic mass is 35.5. The largest absolute Gasteiger partial charge is 0.507 e. The van der Waals surface area contributed by atoms with Crippen molar-refractivity contribution >= 4 is 50.5 Å². The monoisotopic (exact) mass is 465 g/mol. The SMILES string of the molecule is O=C1C(=O)N([C@@H]2CCS(=O)(=O)C2)[C@H](c2ccc(Cl)cc2)C1=C(O)c1ccc(Cl)cc1. The van der Waals surface area contributed by atoms with Gasteiger partial charge < -0.3 is 10.0 Å². The Kier molecular flexibility index (Phi) is 5.38. The maximum absolute atomic E-state index is 13.0. The van der Waals surface area contributed by atoms with Crippen molar-refractivity contribution in [2.75, 3.05) is 11.5 Å². The van der Waals surface area contributed by atoms with Crippen LogP contribution in [0.1, 0.15) is 23.6 Å². The molecule has 2 saturated heterocycles. The molecule has 0 saturated carbocycles. The zero-order valence-electron chi connectivity index (χ0n) is 15.6. The van der Waals surface area contributed by atoms with Gasteiger partial charge in [0, 0.05) is 21.7 Å². The number of carbonyl (C=O) groups excluding carboxylic acids is 2. The van der Waals surface area contributed by atoms with Gasteiger partial charge in [0.25, 0.3) is 11.7 Å². The van der Waals surface area contributed by atoms with Crippen molar-refractivity contribution in [2.45, 2.75) is 18.5 Å². The Balaban J connectivity index is 1.88. The van der Waals surface area contributed by atoms with Crippen LogP contribution in [0, 0.1) is 0 Å². The molecule has 2 fully saturated rings. The van der Waals surface area contributed by atoms with Gasteiger partial charge in [-0.3, -0.25) is 9.59 Å². The Hall–Kier alpha value is -2.35.